The largest absolute Gasteiger partial charge is 0.335 e. The number of pyridine rings is 1. The smallest absolute Gasteiger partial charge is 0.146 e. The van der Waals surface area contributed by atoms with Gasteiger partial charge in [-0.05, 0) is 18.6 Å². The van der Waals surface area contributed by atoms with E-state index in [0.29, 0.717) is 12.1 Å². The van der Waals surface area contributed by atoms with Crippen molar-refractivity contribution in [1.29, 1.82) is 0 Å². The molecule has 0 amide bonds. The minimum Gasteiger partial charge on any atom is -0.335 e. The van der Waals surface area contributed by atoms with Gasteiger partial charge in [0.15, 0.2) is 0 Å². The molecule has 2 N–H and O–H groups in total. The van der Waals surface area contributed by atoms with E-state index in [4.69, 9.17) is 5.73 Å². The van der Waals surface area contributed by atoms with Gasteiger partial charge in [0.2, 0.25) is 0 Å². The first-order valence-corrected chi connectivity index (χ1v) is 6.08. The highest BCUT2D eigenvalue weighted by molar-refractivity contribution is 5.13. The number of halogens is 1. The third-order valence-electron chi connectivity index (χ3n) is 2.81. The van der Waals surface area contributed by atoms with Crippen molar-refractivity contribution in [1.82, 2.24) is 14.5 Å². The molecular formula is C13H17FN4. The van der Waals surface area contributed by atoms with E-state index in [1.807, 2.05) is 10.8 Å². The standard InChI is InChI=1S/C13H17FN4/c1-2-7-18-8-6-16-12(18)9-11(15)13-10(14)4-3-5-17-13/h3-6,8,11H,2,7,9,15H2,1H3. The molecule has 1 unspecified atom stereocenters. The molecule has 0 radical (unpaired) electrons. The number of hydrogen-bond acceptors (Lipinski definition) is 3. The zero-order chi connectivity index (χ0) is 13.0. The number of aromatic nitrogens is 3. The molecule has 18 heavy (non-hydrogen) atoms. The molecule has 0 bridgehead atoms. The average molecular weight is 248 g/mol. The molecule has 2 heterocycles. The summed E-state index contributed by atoms with van der Waals surface area (Å²) in [7, 11) is 0. The van der Waals surface area contributed by atoms with Gasteiger partial charge in [0, 0.05) is 31.6 Å². The Bertz CT molecular complexity index is 509. The second-order valence-electron chi connectivity index (χ2n) is 4.22. The van der Waals surface area contributed by atoms with Gasteiger partial charge in [-0.25, -0.2) is 9.37 Å². The van der Waals surface area contributed by atoms with Crippen LogP contribution in [0.25, 0.3) is 0 Å². The summed E-state index contributed by atoms with van der Waals surface area (Å²) in [5.41, 5.74) is 6.29. The first-order chi connectivity index (χ1) is 8.72. The van der Waals surface area contributed by atoms with Crippen LogP contribution in [0, 0.1) is 5.82 Å². The summed E-state index contributed by atoms with van der Waals surface area (Å²) in [6.07, 6.45) is 6.72. The van der Waals surface area contributed by atoms with Crippen molar-refractivity contribution in [3.8, 4) is 0 Å². The van der Waals surface area contributed by atoms with Gasteiger partial charge in [0.25, 0.3) is 0 Å². The van der Waals surface area contributed by atoms with Crippen molar-refractivity contribution in [2.45, 2.75) is 32.4 Å². The number of hydrogen-bond donors (Lipinski definition) is 1. The van der Waals surface area contributed by atoms with Crippen LogP contribution in [-0.4, -0.2) is 14.5 Å². The molecule has 0 saturated heterocycles. The number of rotatable bonds is 5. The summed E-state index contributed by atoms with van der Waals surface area (Å²) >= 11 is 0. The summed E-state index contributed by atoms with van der Waals surface area (Å²) in [4.78, 5) is 8.26. The summed E-state index contributed by atoms with van der Waals surface area (Å²) in [5, 5.41) is 0. The van der Waals surface area contributed by atoms with E-state index in [9.17, 15) is 4.39 Å². The van der Waals surface area contributed by atoms with Crippen LogP contribution in [0.5, 0.6) is 0 Å². The van der Waals surface area contributed by atoms with E-state index in [1.54, 1.807) is 18.5 Å². The van der Waals surface area contributed by atoms with Crippen molar-refractivity contribution in [3.63, 3.8) is 0 Å². The molecule has 0 aliphatic rings. The van der Waals surface area contributed by atoms with Gasteiger partial charge >= 0.3 is 0 Å². The number of imidazole rings is 1. The summed E-state index contributed by atoms with van der Waals surface area (Å²) < 4.78 is 15.6. The lowest BCUT2D eigenvalue weighted by molar-refractivity contribution is 0.544. The van der Waals surface area contributed by atoms with Gasteiger partial charge in [0.05, 0.1) is 11.7 Å². The lowest BCUT2D eigenvalue weighted by Crippen LogP contribution is -2.19. The van der Waals surface area contributed by atoms with Crippen molar-refractivity contribution < 1.29 is 4.39 Å². The van der Waals surface area contributed by atoms with Crippen LogP contribution in [0.2, 0.25) is 0 Å². The van der Waals surface area contributed by atoms with Crippen LogP contribution >= 0.6 is 0 Å². The predicted molar refractivity (Wildman–Crippen MR) is 67.3 cm³/mol. The van der Waals surface area contributed by atoms with Gasteiger partial charge in [-0.3, -0.25) is 4.98 Å². The summed E-state index contributed by atoms with van der Waals surface area (Å²) in [6, 6.07) is 2.47. The van der Waals surface area contributed by atoms with Crippen LogP contribution < -0.4 is 5.73 Å². The van der Waals surface area contributed by atoms with E-state index in [1.165, 1.54) is 6.07 Å². The van der Waals surface area contributed by atoms with Crippen LogP contribution in [0.15, 0.2) is 30.7 Å². The molecule has 0 aliphatic carbocycles. The molecule has 1 atom stereocenters. The maximum absolute atomic E-state index is 13.5. The Morgan fingerprint density at radius 1 is 1.39 bits per heavy atom. The summed E-state index contributed by atoms with van der Waals surface area (Å²) in [5.74, 6) is 0.507. The Kier molecular flexibility index (Phi) is 4.04. The molecule has 5 heteroatoms. The van der Waals surface area contributed by atoms with Crippen LogP contribution in [0.4, 0.5) is 4.39 Å². The molecule has 4 nitrogen and oxygen atoms in total. The fraction of sp³-hybridized carbons (Fsp3) is 0.385. The van der Waals surface area contributed by atoms with E-state index in [-0.39, 0.29) is 5.82 Å². The topological polar surface area (TPSA) is 56.7 Å². The number of nitrogens with two attached hydrogens (primary N) is 1. The molecule has 96 valence electrons. The summed E-state index contributed by atoms with van der Waals surface area (Å²) in [6.45, 7) is 2.99. The van der Waals surface area contributed by atoms with Crippen LogP contribution in [0.3, 0.4) is 0 Å². The number of aryl methyl sites for hydroxylation is 1. The normalized spacial score (nSPS) is 12.6. The van der Waals surface area contributed by atoms with Crippen LogP contribution in [-0.2, 0) is 13.0 Å². The molecule has 2 rings (SSSR count). The van der Waals surface area contributed by atoms with Crippen molar-refractivity contribution in [3.05, 3.63) is 48.1 Å². The van der Waals surface area contributed by atoms with E-state index < -0.39 is 6.04 Å². The average Bonchev–Trinajstić information content (AvgIpc) is 2.78. The lowest BCUT2D eigenvalue weighted by Gasteiger charge is -2.12. The first-order valence-electron chi connectivity index (χ1n) is 6.08. The highest BCUT2D eigenvalue weighted by atomic mass is 19.1. The van der Waals surface area contributed by atoms with Crippen LogP contribution in [0.1, 0.15) is 30.9 Å². The van der Waals surface area contributed by atoms with E-state index in [0.717, 1.165) is 18.8 Å². The second kappa shape index (κ2) is 5.73. The van der Waals surface area contributed by atoms with Crippen molar-refractivity contribution >= 4 is 0 Å². The van der Waals surface area contributed by atoms with Gasteiger partial charge < -0.3 is 10.3 Å². The zero-order valence-electron chi connectivity index (χ0n) is 10.4. The Labute approximate surface area is 106 Å². The van der Waals surface area contributed by atoms with E-state index in [2.05, 4.69) is 16.9 Å². The Balaban J connectivity index is 2.14. The Morgan fingerprint density at radius 2 is 2.22 bits per heavy atom. The maximum Gasteiger partial charge on any atom is 0.146 e. The third-order valence-corrected chi connectivity index (χ3v) is 2.81. The van der Waals surface area contributed by atoms with Gasteiger partial charge in [-0.1, -0.05) is 6.92 Å². The first kappa shape index (κ1) is 12.7. The maximum atomic E-state index is 13.5. The Hall–Kier alpha value is -1.75. The Morgan fingerprint density at radius 3 is 2.94 bits per heavy atom. The fourth-order valence-corrected chi connectivity index (χ4v) is 1.94. The lowest BCUT2D eigenvalue weighted by atomic mass is 10.1. The second-order valence-corrected chi connectivity index (χ2v) is 4.22. The molecule has 2 aromatic heterocycles. The zero-order valence-corrected chi connectivity index (χ0v) is 10.4. The fourth-order valence-electron chi connectivity index (χ4n) is 1.94. The quantitative estimate of drug-likeness (QED) is 0.881. The monoisotopic (exact) mass is 248 g/mol. The van der Waals surface area contributed by atoms with Gasteiger partial charge in [-0.15, -0.1) is 0 Å². The minimum absolute atomic E-state index is 0.295. The van der Waals surface area contributed by atoms with Gasteiger partial charge in [-0.2, -0.15) is 0 Å². The van der Waals surface area contributed by atoms with Crippen molar-refractivity contribution in [2.24, 2.45) is 5.73 Å². The molecule has 2 aromatic rings. The van der Waals surface area contributed by atoms with Crippen molar-refractivity contribution in [2.75, 3.05) is 0 Å². The minimum atomic E-state index is -0.468. The SMILES string of the molecule is CCCn1ccnc1CC(N)c1ncccc1F. The molecular weight excluding hydrogens is 231 g/mol. The molecule has 0 aliphatic heterocycles. The third kappa shape index (κ3) is 2.73. The molecule has 0 fully saturated rings. The molecule has 0 aromatic carbocycles. The molecule has 0 saturated carbocycles. The highest BCUT2D eigenvalue weighted by Gasteiger charge is 2.15. The molecule has 0 spiro atoms. The predicted octanol–water partition coefficient (Wildman–Crippen LogP) is 2.07. The highest BCUT2D eigenvalue weighted by Crippen LogP contribution is 2.16. The van der Waals surface area contributed by atoms with Gasteiger partial charge in [0.1, 0.15) is 11.6 Å². The number of nitrogens with zero attached hydrogens (tertiary/aromatic N) is 3. The van der Waals surface area contributed by atoms with E-state index >= 15 is 0 Å².